The average molecular weight is 314 g/mol. The monoisotopic (exact) mass is 313 g/mol. The van der Waals surface area contributed by atoms with Crippen molar-refractivity contribution < 1.29 is 9.13 Å². The van der Waals surface area contributed by atoms with Gasteiger partial charge in [0, 0.05) is 16.5 Å². The maximum Gasteiger partial charge on any atom is 0.173 e. The second-order valence-electron chi connectivity index (χ2n) is 4.43. The van der Waals surface area contributed by atoms with Crippen molar-refractivity contribution in [3.63, 3.8) is 0 Å². The number of nitrogen functional groups attached to an aromatic ring is 1. The number of hydrogen-bond donors (Lipinski definition) is 1. The van der Waals surface area contributed by atoms with Crippen molar-refractivity contribution in [3.05, 3.63) is 22.6 Å². The second-order valence-corrected chi connectivity index (χ2v) is 5.29. The zero-order valence-electron chi connectivity index (χ0n) is 9.70. The molecule has 1 aromatic carbocycles. The van der Waals surface area contributed by atoms with Gasteiger partial charge in [-0.3, -0.25) is 0 Å². The summed E-state index contributed by atoms with van der Waals surface area (Å²) in [5.41, 5.74) is 6.23. The van der Waals surface area contributed by atoms with Gasteiger partial charge in [0.2, 0.25) is 0 Å². The van der Waals surface area contributed by atoms with Crippen LogP contribution in [0.5, 0.6) is 0 Å². The van der Waals surface area contributed by atoms with E-state index >= 15 is 0 Å². The lowest BCUT2D eigenvalue weighted by molar-refractivity contribution is -0.0369. The smallest absolute Gasteiger partial charge is 0.173 e. The van der Waals surface area contributed by atoms with Crippen molar-refractivity contribution in [2.75, 3.05) is 12.3 Å². The number of anilines is 1. The first kappa shape index (κ1) is 11.9. The first-order chi connectivity index (χ1) is 8.68. The molecule has 0 aliphatic carbocycles. The van der Waals surface area contributed by atoms with Crippen molar-refractivity contribution in [1.29, 1.82) is 0 Å². The molecule has 0 amide bonds. The van der Waals surface area contributed by atoms with E-state index in [-0.39, 0.29) is 11.9 Å². The minimum absolute atomic E-state index is 0.111. The van der Waals surface area contributed by atoms with Gasteiger partial charge in [-0.25, -0.2) is 9.07 Å². The number of aromatic nitrogens is 2. The highest BCUT2D eigenvalue weighted by molar-refractivity contribution is 9.10. The Hall–Kier alpha value is -1.14. The van der Waals surface area contributed by atoms with Crippen molar-refractivity contribution in [2.24, 2.45) is 0 Å². The Morgan fingerprint density at radius 1 is 1.50 bits per heavy atom. The summed E-state index contributed by atoms with van der Waals surface area (Å²) in [6.07, 6.45) is 4.42. The predicted octanol–water partition coefficient (Wildman–Crippen LogP) is 3.22. The van der Waals surface area contributed by atoms with E-state index in [9.17, 15) is 4.39 Å². The topological polar surface area (TPSA) is 53.1 Å². The number of hydrogen-bond acceptors (Lipinski definition) is 3. The molecule has 96 valence electrons. The maximum atomic E-state index is 14.2. The van der Waals surface area contributed by atoms with Crippen LogP contribution in [0.2, 0.25) is 0 Å². The number of fused-ring (bicyclic) bond motifs is 1. The standard InChI is InChI=1S/C12H13BrFN3O/c13-8-5-7-6-16-17(9-3-1-2-4-18-9)12(7)10(14)11(8)15/h5-6,9H,1-4,15H2. The van der Waals surface area contributed by atoms with Gasteiger partial charge in [-0.2, -0.15) is 5.10 Å². The van der Waals surface area contributed by atoms with Crippen molar-refractivity contribution in [2.45, 2.75) is 25.5 Å². The fourth-order valence-electron chi connectivity index (χ4n) is 2.29. The molecule has 18 heavy (non-hydrogen) atoms. The highest BCUT2D eigenvalue weighted by Gasteiger charge is 2.22. The van der Waals surface area contributed by atoms with Crippen molar-refractivity contribution in [1.82, 2.24) is 9.78 Å². The second kappa shape index (κ2) is 4.51. The van der Waals surface area contributed by atoms with Crippen LogP contribution in [0.4, 0.5) is 10.1 Å². The Kier molecular flexibility index (Phi) is 2.99. The van der Waals surface area contributed by atoms with Crippen LogP contribution in [0.3, 0.4) is 0 Å². The summed E-state index contributed by atoms with van der Waals surface area (Å²) >= 11 is 3.24. The minimum atomic E-state index is -0.439. The lowest BCUT2D eigenvalue weighted by Crippen LogP contribution is -2.19. The third-order valence-electron chi connectivity index (χ3n) is 3.24. The molecule has 1 aliphatic heterocycles. The van der Waals surface area contributed by atoms with E-state index in [4.69, 9.17) is 10.5 Å². The van der Waals surface area contributed by atoms with Crippen molar-refractivity contribution >= 4 is 32.5 Å². The van der Waals surface area contributed by atoms with Gasteiger partial charge >= 0.3 is 0 Å². The van der Waals surface area contributed by atoms with E-state index < -0.39 is 5.82 Å². The van der Waals surface area contributed by atoms with Crippen LogP contribution in [0.1, 0.15) is 25.5 Å². The highest BCUT2D eigenvalue weighted by Crippen LogP contribution is 2.33. The molecule has 1 aromatic heterocycles. The molecule has 1 aliphatic rings. The molecule has 0 saturated carbocycles. The van der Waals surface area contributed by atoms with E-state index in [1.807, 2.05) is 0 Å². The SMILES string of the molecule is Nc1c(Br)cc2cnn(C3CCCCO3)c2c1F. The molecule has 2 aromatic rings. The summed E-state index contributed by atoms with van der Waals surface area (Å²) in [5.74, 6) is -0.439. The summed E-state index contributed by atoms with van der Waals surface area (Å²) in [5, 5.41) is 4.96. The van der Waals surface area contributed by atoms with Gasteiger partial charge in [-0.15, -0.1) is 0 Å². The number of nitrogens with two attached hydrogens (primary N) is 1. The lowest BCUT2D eigenvalue weighted by Gasteiger charge is -2.23. The zero-order chi connectivity index (χ0) is 12.7. The molecule has 0 spiro atoms. The van der Waals surface area contributed by atoms with E-state index in [1.165, 1.54) is 0 Å². The Labute approximate surface area is 112 Å². The molecule has 3 rings (SSSR count). The molecule has 0 radical (unpaired) electrons. The van der Waals surface area contributed by atoms with Gasteiger partial charge in [-0.1, -0.05) is 0 Å². The molecular formula is C12H13BrFN3O. The van der Waals surface area contributed by atoms with Crippen LogP contribution in [0.25, 0.3) is 10.9 Å². The van der Waals surface area contributed by atoms with Crippen LogP contribution in [0, 0.1) is 5.82 Å². The van der Waals surface area contributed by atoms with Crippen molar-refractivity contribution in [3.8, 4) is 0 Å². The maximum absolute atomic E-state index is 14.2. The summed E-state index contributed by atoms with van der Waals surface area (Å²) < 4.78 is 22.0. The van der Waals surface area contributed by atoms with Gasteiger partial charge in [-0.05, 0) is 41.3 Å². The summed E-state index contributed by atoms with van der Waals surface area (Å²) in [6.45, 7) is 0.694. The molecule has 1 fully saturated rings. The van der Waals surface area contributed by atoms with E-state index in [0.29, 0.717) is 16.6 Å². The molecule has 4 nitrogen and oxygen atoms in total. The third kappa shape index (κ3) is 1.80. The summed E-state index contributed by atoms with van der Waals surface area (Å²) in [7, 11) is 0. The third-order valence-corrected chi connectivity index (χ3v) is 3.89. The van der Waals surface area contributed by atoms with E-state index in [0.717, 1.165) is 24.6 Å². The summed E-state index contributed by atoms with van der Waals surface area (Å²) in [6, 6.07) is 1.78. The Morgan fingerprint density at radius 3 is 3.06 bits per heavy atom. The predicted molar refractivity (Wildman–Crippen MR) is 70.6 cm³/mol. The van der Waals surface area contributed by atoms with Gasteiger partial charge in [0.25, 0.3) is 0 Å². The van der Waals surface area contributed by atoms with E-state index in [2.05, 4.69) is 21.0 Å². The number of halogens is 2. The van der Waals surface area contributed by atoms with Gasteiger partial charge < -0.3 is 10.5 Å². The normalized spacial score (nSPS) is 20.4. The summed E-state index contributed by atoms with van der Waals surface area (Å²) in [4.78, 5) is 0. The number of benzene rings is 1. The molecule has 1 atom stereocenters. The largest absolute Gasteiger partial charge is 0.395 e. The van der Waals surface area contributed by atoms with Crippen LogP contribution in [-0.2, 0) is 4.74 Å². The fourth-order valence-corrected chi connectivity index (χ4v) is 2.71. The number of rotatable bonds is 1. The quantitative estimate of drug-likeness (QED) is 0.822. The minimum Gasteiger partial charge on any atom is -0.395 e. The van der Waals surface area contributed by atoms with Gasteiger partial charge in [0.1, 0.15) is 5.52 Å². The molecule has 2 heterocycles. The lowest BCUT2D eigenvalue weighted by atomic mass is 10.2. The number of nitrogens with zero attached hydrogens (tertiary/aromatic N) is 2. The van der Waals surface area contributed by atoms with Crippen LogP contribution < -0.4 is 5.73 Å². The Morgan fingerprint density at radius 2 is 2.33 bits per heavy atom. The first-order valence-corrected chi connectivity index (χ1v) is 6.70. The van der Waals surface area contributed by atoms with Crippen LogP contribution in [-0.4, -0.2) is 16.4 Å². The molecule has 2 N–H and O–H groups in total. The molecule has 1 saturated heterocycles. The Bertz CT molecular complexity index is 593. The first-order valence-electron chi connectivity index (χ1n) is 5.91. The Balaban J connectivity index is 2.15. The molecular weight excluding hydrogens is 301 g/mol. The van der Waals surface area contributed by atoms with Gasteiger partial charge in [0.05, 0.1) is 11.9 Å². The highest BCUT2D eigenvalue weighted by atomic mass is 79.9. The van der Waals surface area contributed by atoms with Gasteiger partial charge in [0.15, 0.2) is 12.0 Å². The fraction of sp³-hybridized carbons (Fsp3) is 0.417. The van der Waals surface area contributed by atoms with Crippen LogP contribution >= 0.6 is 15.9 Å². The molecule has 6 heteroatoms. The van der Waals surface area contributed by atoms with E-state index in [1.54, 1.807) is 16.9 Å². The number of ether oxygens (including phenoxy) is 1. The van der Waals surface area contributed by atoms with Crippen LogP contribution in [0.15, 0.2) is 16.7 Å². The molecule has 1 unspecified atom stereocenters. The average Bonchev–Trinajstić information content (AvgIpc) is 2.81. The molecule has 0 bridgehead atoms. The zero-order valence-corrected chi connectivity index (χ0v) is 11.3.